The Hall–Kier alpha value is -3.32. The monoisotopic (exact) mass is 418 g/mol. The number of amides is 1. The second-order valence-corrected chi connectivity index (χ2v) is 7.88. The Morgan fingerprint density at radius 2 is 1.83 bits per heavy atom. The molecule has 1 N–H and O–H groups in total. The molecule has 0 aliphatic rings. The lowest BCUT2D eigenvalue weighted by Crippen LogP contribution is -2.28. The summed E-state index contributed by atoms with van der Waals surface area (Å²) in [5.74, 6) is 1.60. The molecule has 1 atom stereocenters. The molecule has 6 nitrogen and oxygen atoms in total. The van der Waals surface area contributed by atoms with Gasteiger partial charge in [0.25, 0.3) is 0 Å². The van der Waals surface area contributed by atoms with Crippen LogP contribution in [0.4, 0.5) is 0 Å². The normalized spacial score (nSPS) is 11.9. The molecule has 0 aliphatic heterocycles. The lowest BCUT2D eigenvalue weighted by atomic mass is 10.2. The van der Waals surface area contributed by atoms with Crippen molar-refractivity contribution < 1.29 is 9.21 Å². The van der Waals surface area contributed by atoms with Crippen LogP contribution < -0.4 is 5.32 Å². The third kappa shape index (κ3) is 4.46. The van der Waals surface area contributed by atoms with Crippen molar-refractivity contribution in [1.29, 1.82) is 0 Å². The molecule has 0 saturated carbocycles. The van der Waals surface area contributed by atoms with E-state index >= 15 is 0 Å². The van der Waals surface area contributed by atoms with Crippen LogP contribution in [0, 0.1) is 6.92 Å². The van der Waals surface area contributed by atoms with Gasteiger partial charge in [-0.05, 0) is 38.1 Å². The molecule has 0 fully saturated rings. The molecule has 0 saturated heterocycles. The zero-order chi connectivity index (χ0) is 20.9. The van der Waals surface area contributed by atoms with Gasteiger partial charge in [-0.25, -0.2) is 0 Å². The number of nitrogens with zero attached hydrogens (tertiary/aromatic N) is 3. The molecule has 1 amide bonds. The minimum Gasteiger partial charge on any atom is -0.467 e. The molecule has 0 unspecified atom stereocenters. The standard InChI is InChI=1S/C23H22N4O2S/c1-16-10-12-19(13-11-16)27-22(18-7-4-3-5-8-18)25-26-23(27)30-15-21(28)24-17(2)20-9-6-14-29-20/h3-14,17H,15H2,1-2H3,(H,24,28)/t17-/m1/s1. The van der Waals surface area contributed by atoms with Crippen LogP contribution in [-0.2, 0) is 4.79 Å². The van der Waals surface area contributed by atoms with E-state index in [1.807, 2.05) is 73.0 Å². The van der Waals surface area contributed by atoms with E-state index in [0.29, 0.717) is 5.16 Å². The van der Waals surface area contributed by atoms with E-state index in [1.54, 1.807) is 6.26 Å². The smallest absolute Gasteiger partial charge is 0.231 e. The summed E-state index contributed by atoms with van der Waals surface area (Å²) < 4.78 is 7.34. The predicted molar refractivity (Wildman–Crippen MR) is 118 cm³/mol. The van der Waals surface area contributed by atoms with E-state index in [9.17, 15) is 4.79 Å². The fraction of sp³-hybridized carbons (Fsp3) is 0.174. The molecule has 7 heteroatoms. The van der Waals surface area contributed by atoms with Gasteiger partial charge in [-0.15, -0.1) is 10.2 Å². The molecule has 152 valence electrons. The summed E-state index contributed by atoms with van der Waals surface area (Å²) in [5, 5.41) is 12.4. The highest BCUT2D eigenvalue weighted by Crippen LogP contribution is 2.28. The average Bonchev–Trinajstić information content (AvgIpc) is 3.44. The maximum atomic E-state index is 12.5. The first-order chi connectivity index (χ1) is 14.6. The number of carbonyl (C=O) groups excluding carboxylic acids is 1. The molecule has 2 aromatic heterocycles. The van der Waals surface area contributed by atoms with Crippen LogP contribution in [0.15, 0.2) is 82.6 Å². The van der Waals surface area contributed by atoms with E-state index in [0.717, 1.165) is 22.8 Å². The van der Waals surface area contributed by atoms with Crippen LogP contribution in [0.5, 0.6) is 0 Å². The first-order valence-electron chi connectivity index (χ1n) is 9.65. The maximum absolute atomic E-state index is 12.5. The molecule has 0 spiro atoms. The molecule has 0 aliphatic carbocycles. The van der Waals surface area contributed by atoms with E-state index in [-0.39, 0.29) is 17.7 Å². The number of benzene rings is 2. The number of hydrogen-bond donors (Lipinski definition) is 1. The number of rotatable bonds is 7. The number of aryl methyl sites for hydroxylation is 1. The summed E-state index contributed by atoms with van der Waals surface area (Å²) in [7, 11) is 0. The Kier molecular flexibility index (Phi) is 5.99. The van der Waals surface area contributed by atoms with Crippen LogP contribution in [-0.4, -0.2) is 26.4 Å². The second-order valence-electron chi connectivity index (χ2n) is 6.94. The summed E-state index contributed by atoms with van der Waals surface area (Å²) >= 11 is 1.36. The lowest BCUT2D eigenvalue weighted by molar-refractivity contribution is -0.119. The van der Waals surface area contributed by atoms with Gasteiger partial charge < -0.3 is 9.73 Å². The Bertz CT molecular complexity index is 1110. The van der Waals surface area contributed by atoms with Gasteiger partial charge in [0.05, 0.1) is 18.1 Å². The van der Waals surface area contributed by atoms with Gasteiger partial charge in [0.1, 0.15) is 5.76 Å². The molecular formula is C23H22N4O2S. The third-order valence-corrected chi connectivity index (χ3v) is 5.57. The van der Waals surface area contributed by atoms with Crippen molar-refractivity contribution in [3.8, 4) is 17.1 Å². The van der Waals surface area contributed by atoms with Crippen molar-refractivity contribution in [3.63, 3.8) is 0 Å². The minimum absolute atomic E-state index is 0.0939. The molecule has 4 aromatic rings. The van der Waals surface area contributed by atoms with Gasteiger partial charge in [-0.1, -0.05) is 59.8 Å². The average molecular weight is 419 g/mol. The molecule has 2 aromatic carbocycles. The Balaban J connectivity index is 1.56. The van der Waals surface area contributed by atoms with Gasteiger partial charge in [0.15, 0.2) is 11.0 Å². The molecule has 4 rings (SSSR count). The van der Waals surface area contributed by atoms with Crippen LogP contribution >= 0.6 is 11.8 Å². The molecule has 2 heterocycles. The quantitative estimate of drug-likeness (QED) is 0.436. The number of aromatic nitrogens is 3. The van der Waals surface area contributed by atoms with Crippen molar-refractivity contribution in [2.24, 2.45) is 0 Å². The summed E-state index contributed by atoms with van der Waals surface area (Å²) in [6.07, 6.45) is 1.60. The highest BCUT2D eigenvalue weighted by molar-refractivity contribution is 7.99. The first-order valence-corrected chi connectivity index (χ1v) is 10.6. The van der Waals surface area contributed by atoms with E-state index in [2.05, 4.69) is 27.6 Å². The van der Waals surface area contributed by atoms with Gasteiger partial charge >= 0.3 is 0 Å². The lowest BCUT2D eigenvalue weighted by Gasteiger charge is -2.12. The first kappa shape index (κ1) is 20.0. The summed E-state index contributed by atoms with van der Waals surface area (Å²) in [4.78, 5) is 12.5. The van der Waals surface area contributed by atoms with Crippen molar-refractivity contribution in [2.75, 3.05) is 5.75 Å². The Labute approximate surface area is 179 Å². The van der Waals surface area contributed by atoms with Crippen molar-refractivity contribution >= 4 is 17.7 Å². The Morgan fingerprint density at radius 1 is 1.07 bits per heavy atom. The van der Waals surface area contributed by atoms with E-state index in [4.69, 9.17) is 4.42 Å². The van der Waals surface area contributed by atoms with Crippen molar-refractivity contribution in [2.45, 2.75) is 25.0 Å². The van der Waals surface area contributed by atoms with E-state index in [1.165, 1.54) is 17.3 Å². The number of carbonyl (C=O) groups is 1. The largest absolute Gasteiger partial charge is 0.467 e. The number of hydrogen-bond acceptors (Lipinski definition) is 5. The molecular weight excluding hydrogens is 396 g/mol. The fourth-order valence-corrected chi connectivity index (χ4v) is 3.85. The third-order valence-electron chi connectivity index (χ3n) is 4.64. The van der Waals surface area contributed by atoms with Gasteiger partial charge in [-0.2, -0.15) is 0 Å². The highest BCUT2D eigenvalue weighted by Gasteiger charge is 2.18. The summed E-state index contributed by atoms with van der Waals surface area (Å²) in [6, 6.07) is 21.6. The maximum Gasteiger partial charge on any atom is 0.231 e. The van der Waals surface area contributed by atoms with Crippen LogP contribution in [0.1, 0.15) is 24.3 Å². The number of nitrogens with one attached hydrogen (secondary N) is 1. The second kappa shape index (κ2) is 9.00. The van der Waals surface area contributed by atoms with Crippen molar-refractivity contribution in [3.05, 3.63) is 84.3 Å². The van der Waals surface area contributed by atoms with E-state index < -0.39 is 0 Å². The zero-order valence-corrected chi connectivity index (χ0v) is 17.6. The van der Waals surface area contributed by atoms with Gasteiger partial charge in [-0.3, -0.25) is 9.36 Å². The van der Waals surface area contributed by atoms with Crippen LogP contribution in [0.2, 0.25) is 0 Å². The van der Waals surface area contributed by atoms with Crippen LogP contribution in [0.3, 0.4) is 0 Å². The minimum atomic E-state index is -0.192. The topological polar surface area (TPSA) is 73.0 Å². The summed E-state index contributed by atoms with van der Waals surface area (Å²) in [5.41, 5.74) is 3.10. The SMILES string of the molecule is Cc1ccc(-n2c(SCC(=O)N[C@H](C)c3ccco3)nnc2-c2ccccc2)cc1. The number of furan rings is 1. The molecule has 0 radical (unpaired) electrons. The van der Waals surface area contributed by atoms with Gasteiger partial charge in [0, 0.05) is 11.3 Å². The summed E-state index contributed by atoms with van der Waals surface area (Å²) in [6.45, 7) is 3.94. The zero-order valence-electron chi connectivity index (χ0n) is 16.8. The fourth-order valence-electron chi connectivity index (χ4n) is 3.09. The highest BCUT2D eigenvalue weighted by atomic mass is 32.2. The molecule has 0 bridgehead atoms. The molecule has 30 heavy (non-hydrogen) atoms. The van der Waals surface area contributed by atoms with Gasteiger partial charge in [0.2, 0.25) is 5.91 Å². The van der Waals surface area contributed by atoms with Crippen LogP contribution in [0.25, 0.3) is 17.1 Å². The predicted octanol–water partition coefficient (Wildman–Crippen LogP) is 4.81. The van der Waals surface area contributed by atoms with Crippen molar-refractivity contribution in [1.82, 2.24) is 20.1 Å². The number of thioether (sulfide) groups is 1. The Morgan fingerprint density at radius 3 is 2.53 bits per heavy atom.